The van der Waals surface area contributed by atoms with Gasteiger partial charge in [-0.15, -0.1) is 11.3 Å². The standard InChI is InChI=1S/C16H13NO2S/c1-10-15(16(18)19)17-14(20-10)9-12-7-4-6-11-5-2-3-8-13(11)12/h2-8H,9H2,1H3,(H,18,19). The molecule has 2 aromatic carbocycles. The molecule has 0 fully saturated rings. The van der Waals surface area contributed by atoms with E-state index in [0.717, 1.165) is 9.88 Å². The number of nitrogens with zero attached hydrogens (tertiary/aromatic N) is 1. The summed E-state index contributed by atoms with van der Waals surface area (Å²) in [5.41, 5.74) is 1.35. The van der Waals surface area contributed by atoms with Crippen molar-refractivity contribution in [1.82, 2.24) is 4.98 Å². The third-order valence-electron chi connectivity index (χ3n) is 3.27. The number of rotatable bonds is 3. The molecule has 0 aliphatic rings. The largest absolute Gasteiger partial charge is 0.476 e. The lowest BCUT2D eigenvalue weighted by Crippen LogP contribution is -1.99. The molecule has 4 heteroatoms. The van der Waals surface area contributed by atoms with E-state index in [2.05, 4.69) is 29.2 Å². The summed E-state index contributed by atoms with van der Waals surface area (Å²) in [6.07, 6.45) is 0.667. The monoisotopic (exact) mass is 283 g/mol. The van der Waals surface area contributed by atoms with Crippen molar-refractivity contribution in [1.29, 1.82) is 0 Å². The second kappa shape index (κ2) is 5.06. The fourth-order valence-corrected chi connectivity index (χ4v) is 3.28. The minimum absolute atomic E-state index is 0.172. The first-order chi connectivity index (χ1) is 9.65. The highest BCUT2D eigenvalue weighted by Gasteiger charge is 2.14. The number of carboxylic acids is 1. The van der Waals surface area contributed by atoms with Gasteiger partial charge < -0.3 is 5.11 Å². The van der Waals surface area contributed by atoms with E-state index >= 15 is 0 Å². The molecular formula is C16H13NO2S. The number of thiazole rings is 1. The SMILES string of the molecule is Cc1sc(Cc2cccc3ccccc23)nc1C(=O)O. The van der Waals surface area contributed by atoms with Crippen molar-refractivity contribution in [3.8, 4) is 0 Å². The Morgan fingerprint density at radius 2 is 1.95 bits per heavy atom. The fourth-order valence-electron chi connectivity index (χ4n) is 2.33. The predicted octanol–water partition coefficient (Wildman–Crippen LogP) is 3.89. The van der Waals surface area contributed by atoms with E-state index in [-0.39, 0.29) is 5.69 Å². The van der Waals surface area contributed by atoms with E-state index in [1.165, 1.54) is 27.7 Å². The van der Waals surface area contributed by atoms with Crippen LogP contribution in [-0.2, 0) is 6.42 Å². The molecule has 3 aromatic rings. The summed E-state index contributed by atoms with van der Waals surface area (Å²) < 4.78 is 0. The average molecular weight is 283 g/mol. The third kappa shape index (κ3) is 2.30. The van der Waals surface area contributed by atoms with Crippen molar-refractivity contribution < 1.29 is 9.90 Å². The van der Waals surface area contributed by atoms with Gasteiger partial charge in [0.15, 0.2) is 5.69 Å². The number of hydrogen-bond acceptors (Lipinski definition) is 3. The predicted molar refractivity (Wildman–Crippen MR) is 80.6 cm³/mol. The zero-order valence-corrected chi connectivity index (χ0v) is 11.8. The lowest BCUT2D eigenvalue weighted by molar-refractivity contribution is 0.0690. The van der Waals surface area contributed by atoms with E-state index in [9.17, 15) is 4.79 Å². The first kappa shape index (κ1) is 12.8. The van der Waals surface area contributed by atoms with Gasteiger partial charge in [0.2, 0.25) is 0 Å². The second-order valence-electron chi connectivity index (χ2n) is 4.63. The van der Waals surface area contributed by atoms with E-state index in [1.54, 1.807) is 6.92 Å². The van der Waals surface area contributed by atoms with Crippen molar-refractivity contribution >= 4 is 28.1 Å². The minimum atomic E-state index is -0.956. The Bertz CT molecular complexity index is 787. The molecule has 1 N–H and O–H groups in total. The molecule has 0 aliphatic carbocycles. The highest BCUT2D eigenvalue weighted by Crippen LogP contribution is 2.24. The van der Waals surface area contributed by atoms with Gasteiger partial charge in [0, 0.05) is 11.3 Å². The van der Waals surface area contributed by atoms with Crippen LogP contribution in [-0.4, -0.2) is 16.1 Å². The Kier molecular flexibility index (Phi) is 3.24. The van der Waals surface area contributed by atoms with Crippen LogP contribution in [0.5, 0.6) is 0 Å². The summed E-state index contributed by atoms with van der Waals surface area (Å²) in [7, 11) is 0. The van der Waals surface area contributed by atoms with Crippen LogP contribution in [0.15, 0.2) is 42.5 Å². The van der Waals surface area contributed by atoms with Crippen LogP contribution < -0.4 is 0 Å². The Labute approximate surface area is 120 Å². The summed E-state index contributed by atoms with van der Waals surface area (Å²) in [5, 5.41) is 12.3. The molecule has 3 nitrogen and oxygen atoms in total. The molecular weight excluding hydrogens is 270 g/mol. The summed E-state index contributed by atoms with van der Waals surface area (Å²) in [5.74, 6) is -0.956. The number of hydrogen-bond donors (Lipinski definition) is 1. The van der Waals surface area contributed by atoms with E-state index < -0.39 is 5.97 Å². The zero-order valence-electron chi connectivity index (χ0n) is 11.0. The number of aromatic carboxylic acids is 1. The maximum absolute atomic E-state index is 11.0. The highest BCUT2D eigenvalue weighted by molar-refractivity contribution is 7.11. The van der Waals surface area contributed by atoms with Gasteiger partial charge in [-0.3, -0.25) is 0 Å². The van der Waals surface area contributed by atoms with Crippen LogP contribution in [0.25, 0.3) is 10.8 Å². The van der Waals surface area contributed by atoms with E-state index in [0.29, 0.717) is 6.42 Å². The van der Waals surface area contributed by atoms with Crippen molar-refractivity contribution in [3.63, 3.8) is 0 Å². The molecule has 1 heterocycles. The van der Waals surface area contributed by atoms with Gasteiger partial charge in [-0.05, 0) is 23.3 Å². The zero-order chi connectivity index (χ0) is 14.1. The van der Waals surface area contributed by atoms with Crippen LogP contribution in [0.3, 0.4) is 0 Å². The van der Waals surface area contributed by atoms with Crippen LogP contribution in [0.1, 0.15) is 25.9 Å². The van der Waals surface area contributed by atoms with Gasteiger partial charge in [0.25, 0.3) is 0 Å². The number of carboxylic acid groups (broad SMARTS) is 1. The second-order valence-corrected chi connectivity index (χ2v) is 5.92. The molecule has 0 unspecified atom stereocenters. The molecule has 100 valence electrons. The van der Waals surface area contributed by atoms with Gasteiger partial charge in [-0.2, -0.15) is 0 Å². The van der Waals surface area contributed by atoms with Gasteiger partial charge >= 0.3 is 5.97 Å². The Balaban J connectivity index is 2.01. The normalized spacial score (nSPS) is 10.8. The van der Waals surface area contributed by atoms with Crippen molar-refractivity contribution in [2.75, 3.05) is 0 Å². The Morgan fingerprint density at radius 3 is 2.70 bits per heavy atom. The Morgan fingerprint density at radius 1 is 1.20 bits per heavy atom. The molecule has 20 heavy (non-hydrogen) atoms. The summed E-state index contributed by atoms with van der Waals surface area (Å²) in [4.78, 5) is 16.0. The van der Waals surface area contributed by atoms with Gasteiger partial charge in [-0.1, -0.05) is 42.5 Å². The molecule has 1 aromatic heterocycles. The van der Waals surface area contributed by atoms with Crippen LogP contribution >= 0.6 is 11.3 Å². The van der Waals surface area contributed by atoms with Crippen LogP contribution in [0.4, 0.5) is 0 Å². The quantitative estimate of drug-likeness (QED) is 0.793. The summed E-state index contributed by atoms with van der Waals surface area (Å²) in [6, 6.07) is 14.4. The third-order valence-corrected chi connectivity index (χ3v) is 4.24. The van der Waals surface area contributed by atoms with Crippen molar-refractivity contribution in [3.05, 3.63) is 63.6 Å². The lowest BCUT2D eigenvalue weighted by atomic mass is 10.0. The maximum Gasteiger partial charge on any atom is 0.355 e. The number of aromatic nitrogens is 1. The minimum Gasteiger partial charge on any atom is -0.476 e. The lowest BCUT2D eigenvalue weighted by Gasteiger charge is -2.04. The molecule has 0 aliphatic heterocycles. The number of fused-ring (bicyclic) bond motifs is 1. The highest BCUT2D eigenvalue weighted by atomic mass is 32.1. The maximum atomic E-state index is 11.0. The molecule has 0 amide bonds. The summed E-state index contributed by atoms with van der Waals surface area (Å²) in [6.45, 7) is 1.80. The Hall–Kier alpha value is -2.20. The molecule has 0 spiro atoms. The molecule has 0 saturated carbocycles. The number of benzene rings is 2. The smallest absolute Gasteiger partial charge is 0.355 e. The average Bonchev–Trinajstić information content (AvgIpc) is 2.80. The topological polar surface area (TPSA) is 50.2 Å². The number of aryl methyl sites for hydroxylation is 1. The molecule has 0 radical (unpaired) electrons. The first-order valence-corrected chi connectivity index (χ1v) is 7.13. The fraction of sp³-hybridized carbons (Fsp3) is 0.125. The van der Waals surface area contributed by atoms with E-state index in [4.69, 9.17) is 5.11 Å². The van der Waals surface area contributed by atoms with Crippen molar-refractivity contribution in [2.45, 2.75) is 13.3 Å². The van der Waals surface area contributed by atoms with E-state index in [1.807, 2.05) is 18.2 Å². The van der Waals surface area contributed by atoms with Crippen molar-refractivity contribution in [2.24, 2.45) is 0 Å². The van der Waals surface area contributed by atoms with Gasteiger partial charge in [0.05, 0.1) is 5.01 Å². The van der Waals surface area contributed by atoms with Gasteiger partial charge in [-0.25, -0.2) is 9.78 Å². The number of carbonyl (C=O) groups is 1. The molecule has 0 atom stereocenters. The first-order valence-electron chi connectivity index (χ1n) is 6.31. The molecule has 0 saturated heterocycles. The molecule has 3 rings (SSSR count). The summed E-state index contributed by atoms with van der Waals surface area (Å²) >= 11 is 1.45. The van der Waals surface area contributed by atoms with Crippen LogP contribution in [0, 0.1) is 6.92 Å². The molecule has 0 bridgehead atoms. The van der Waals surface area contributed by atoms with Crippen LogP contribution in [0.2, 0.25) is 0 Å². The van der Waals surface area contributed by atoms with Gasteiger partial charge in [0.1, 0.15) is 0 Å².